The molecule has 24 heavy (non-hydrogen) atoms. The molecule has 2 heterocycles. The molecule has 1 N–H and O–H groups in total. The molecule has 2 aliphatic rings. The van der Waals surface area contributed by atoms with E-state index in [0.29, 0.717) is 6.54 Å². The lowest BCUT2D eigenvalue weighted by Gasteiger charge is -2.30. The molecule has 1 amide bonds. The summed E-state index contributed by atoms with van der Waals surface area (Å²) < 4.78 is 0. The second-order valence-corrected chi connectivity index (χ2v) is 7.13. The maximum Gasteiger partial charge on any atom is 0.307 e. The van der Waals surface area contributed by atoms with Crippen molar-refractivity contribution in [1.82, 2.24) is 4.90 Å². The van der Waals surface area contributed by atoms with Gasteiger partial charge in [0.1, 0.15) is 0 Å². The highest BCUT2D eigenvalue weighted by Gasteiger charge is 2.29. The number of fused-ring (bicyclic) bond motifs is 1. The first-order valence-electron chi connectivity index (χ1n) is 8.82. The third kappa shape index (κ3) is 3.46. The summed E-state index contributed by atoms with van der Waals surface area (Å²) in [4.78, 5) is 27.1. The molecule has 1 saturated heterocycles. The zero-order chi connectivity index (χ0) is 17.3. The Bertz CT molecular complexity index is 643. The maximum atomic E-state index is 11.8. The number of piperidine rings is 1. The van der Waals surface area contributed by atoms with E-state index in [4.69, 9.17) is 0 Å². The molecule has 5 heteroatoms. The summed E-state index contributed by atoms with van der Waals surface area (Å²) in [6, 6.07) is 6.61. The number of anilines is 1. The van der Waals surface area contributed by atoms with Crippen molar-refractivity contribution >= 4 is 17.6 Å². The molecular weight excluding hydrogens is 304 g/mol. The number of carboxylic acid groups (broad SMARTS) is 1. The third-order valence-corrected chi connectivity index (χ3v) is 5.27. The number of carbonyl (C=O) groups excluding carboxylic acids is 1. The predicted molar refractivity (Wildman–Crippen MR) is 93.3 cm³/mol. The molecule has 0 radical (unpaired) electrons. The van der Waals surface area contributed by atoms with Gasteiger partial charge in [-0.2, -0.15) is 0 Å². The first kappa shape index (κ1) is 17.0. The number of carbonyl (C=O) groups is 2. The monoisotopic (exact) mass is 330 g/mol. The highest BCUT2D eigenvalue weighted by atomic mass is 16.4. The van der Waals surface area contributed by atoms with Gasteiger partial charge in [0.05, 0.1) is 5.92 Å². The van der Waals surface area contributed by atoms with Crippen molar-refractivity contribution in [3.8, 4) is 0 Å². The maximum absolute atomic E-state index is 11.8. The molecule has 0 saturated carbocycles. The topological polar surface area (TPSA) is 60.9 Å². The molecule has 0 aliphatic carbocycles. The van der Waals surface area contributed by atoms with Gasteiger partial charge in [-0.25, -0.2) is 0 Å². The molecule has 3 rings (SSSR count). The van der Waals surface area contributed by atoms with E-state index in [2.05, 4.69) is 30.0 Å². The first-order chi connectivity index (χ1) is 11.5. The number of hydrogen-bond acceptors (Lipinski definition) is 3. The van der Waals surface area contributed by atoms with Crippen LogP contribution in [0.25, 0.3) is 0 Å². The van der Waals surface area contributed by atoms with Crippen molar-refractivity contribution in [3.63, 3.8) is 0 Å². The second kappa shape index (κ2) is 6.93. The number of carboxylic acids is 1. The minimum atomic E-state index is -0.671. The molecule has 2 aliphatic heterocycles. The lowest BCUT2D eigenvalue weighted by atomic mass is 9.97. The molecule has 1 aromatic carbocycles. The Morgan fingerprint density at radius 3 is 2.83 bits per heavy atom. The molecule has 0 bridgehead atoms. The van der Waals surface area contributed by atoms with E-state index in [9.17, 15) is 14.7 Å². The summed E-state index contributed by atoms with van der Waals surface area (Å²) in [5.74, 6) is -0.790. The van der Waals surface area contributed by atoms with Gasteiger partial charge < -0.3 is 14.9 Å². The summed E-state index contributed by atoms with van der Waals surface area (Å²) in [7, 11) is 0. The SMILES string of the molecule is CC(=O)N1c2ccc(CCN3CCCC(C(=O)O)C3)cc2CC1C. The van der Waals surface area contributed by atoms with Crippen LogP contribution in [0, 0.1) is 5.92 Å². The fraction of sp³-hybridized carbons (Fsp3) is 0.579. The van der Waals surface area contributed by atoms with Gasteiger partial charge in [0.2, 0.25) is 5.91 Å². The fourth-order valence-corrected chi connectivity index (χ4v) is 4.07. The van der Waals surface area contributed by atoms with Gasteiger partial charge in [-0.1, -0.05) is 12.1 Å². The second-order valence-electron chi connectivity index (χ2n) is 7.13. The number of aliphatic carboxylic acids is 1. The van der Waals surface area contributed by atoms with Crippen LogP contribution in [0.1, 0.15) is 37.8 Å². The number of hydrogen-bond donors (Lipinski definition) is 1. The Morgan fingerprint density at radius 2 is 2.12 bits per heavy atom. The summed E-state index contributed by atoms with van der Waals surface area (Å²) in [6.07, 6.45) is 3.59. The van der Waals surface area contributed by atoms with E-state index >= 15 is 0 Å². The predicted octanol–water partition coefficient (Wildman–Crippen LogP) is 2.32. The van der Waals surface area contributed by atoms with E-state index in [1.165, 1.54) is 11.1 Å². The van der Waals surface area contributed by atoms with Crippen molar-refractivity contribution in [2.75, 3.05) is 24.5 Å². The summed E-state index contributed by atoms with van der Waals surface area (Å²) in [5.41, 5.74) is 3.56. The summed E-state index contributed by atoms with van der Waals surface area (Å²) in [6.45, 7) is 6.25. The number of likely N-dealkylation sites (tertiary alicyclic amines) is 1. The van der Waals surface area contributed by atoms with Crippen LogP contribution in [-0.4, -0.2) is 47.6 Å². The van der Waals surface area contributed by atoms with Crippen LogP contribution in [0.2, 0.25) is 0 Å². The Hall–Kier alpha value is -1.88. The van der Waals surface area contributed by atoms with Crippen LogP contribution in [0.5, 0.6) is 0 Å². The molecular formula is C19H26N2O3. The van der Waals surface area contributed by atoms with Crippen LogP contribution in [-0.2, 0) is 22.4 Å². The number of amides is 1. The van der Waals surface area contributed by atoms with Crippen molar-refractivity contribution < 1.29 is 14.7 Å². The van der Waals surface area contributed by atoms with E-state index in [-0.39, 0.29) is 17.9 Å². The molecule has 2 unspecified atom stereocenters. The van der Waals surface area contributed by atoms with E-state index in [1.54, 1.807) is 6.92 Å². The number of rotatable bonds is 4. The highest BCUT2D eigenvalue weighted by Crippen LogP contribution is 2.33. The summed E-state index contributed by atoms with van der Waals surface area (Å²) >= 11 is 0. The van der Waals surface area contributed by atoms with Gasteiger partial charge in [-0.15, -0.1) is 0 Å². The molecule has 130 valence electrons. The average molecular weight is 330 g/mol. The first-order valence-corrected chi connectivity index (χ1v) is 8.82. The van der Waals surface area contributed by atoms with Crippen molar-refractivity contribution in [2.24, 2.45) is 5.92 Å². The number of nitrogens with zero attached hydrogens (tertiary/aromatic N) is 2. The third-order valence-electron chi connectivity index (χ3n) is 5.27. The molecule has 0 spiro atoms. The normalized spacial score (nSPS) is 24.0. The Labute approximate surface area is 143 Å². The minimum absolute atomic E-state index is 0.0991. The Kier molecular flexibility index (Phi) is 4.90. The van der Waals surface area contributed by atoms with Crippen LogP contribution in [0.4, 0.5) is 5.69 Å². The average Bonchev–Trinajstić information content (AvgIpc) is 2.88. The standard InChI is InChI=1S/C19H26N2O3/c1-13-10-17-11-15(5-6-18(17)21(13)14(2)22)7-9-20-8-3-4-16(12-20)19(23)24/h5-6,11,13,16H,3-4,7-10,12H2,1-2H3,(H,23,24). The van der Waals surface area contributed by atoms with Crippen LogP contribution >= 0.6 is 0 Å². The largest absolute Gasteiger partial charge is 0.481 e. The van der Waals surface area contributed by atoms with Gasteiger partial charge >= 0.3 is 5.97 Å². The minimum Gasteiger partial charge on any atom is -0.481 e. The van der Waals surface area contributed by atoms with Gasteiger partial charge in [-0.3, -0.25) is 9.59 Å². The van der Waals surface area contributed by atoms with Crippen LogP contribution in [0.15, 0.2) is 18.2 Å². The Morgan fingerprint density at radius 1 is 1.33 bits per heavy atom. The molecule has 5 nitrogen and oxygen atoms in total. The Balaban J connectivity index is 1.62. The van der Waals surface area contributed by atoms with Crippen molar-refractivity contribution in [3.05, 3.63) is 29.3 Å². The smallest absolute Gasteiger partial charge is 0.307 e. The zero-order valence-corrected chi connectivity index (χ0v) is 14.5. The van der Waals surface area contributed by atoms with Crippen molar-refractivity contribution in [1.29, 1.82) is 0 Å². The van der Waals surface area contributed by atoms with Gasteiger partial charge in [0.15, 0.2) is 0 Å². The number of benzene rings is 1. The van der Waals surface area contributed by atoms with Crippen molar-refractivity contribution in [2.45, 2.75) is 45.6 Å². The van der Waals surface area contributed by atoms with E-state index in [1.807, 2.05) is 4.90 Å². The van der Waals surface area contributed by atoms with Crippen LogP contribution in [0.3, 0.4) is 0 Å². The van der Waals surface area contributed by atoms with Gasteiger partial charge in [0.25, 0.3) is 0 Å². The van der Waals surface area contributed by atoms with Gasteiger partial charge in [0, 0.05) is 31.7 Å². The molecule has 2 atom stereocenters. The molecule has 1 aromatic rings. The summed E-state index contributed by atoms with van der Waals surface area (Å²) in [5, 5.41) is 9.18. The molecule has 0 aromatic heterocycles. The van der Waals surface area contributed by atoms with E-state index < -0.39 is 5.97 Å². The fourth-order valence-electron chi connectivity index (χ4n) is 4.07. The quantitative estimate of drug-likeness (QED) is 0.920. The highest BCUT2D eigenvalue weighted by molar-refractivity contribution is 5.94. The van der Waals surface area contributed by atoms with E-state index in [0.717, 1.165) is 44.5 Å². The van der Waals surface area contributed by atoms with Crippen LogP contribution < -0.4 is 4.90 Å². The van der Waals surface area contributed by atoms with Gasteiger partial charge in [-0.05, 0) is 56.3 Å². The molecule has 1 fully saturated rings. The lowest BCUT2D eigenvalue weighted by Crippen LogP contribution is -2.39. The zero-order valence-electron chi connectivity index (χ0n) is 14.5. The lowest BCUT2D eigenvalue weighted by molar-refractivity contribution is -0.143.